The molecular formula is C24H37N3O4. The van der Waals surface area contributed by atoms with Crippen LogP contribution >= 0.6 is 0 Å². The van der Waals surface area contributed by atoms with Crippen molar-refractivity contribution in [3.8, 4) is 0 Å². The van der Waals surface area contributed by atoms with Crippen LogP contribution in [0, 0.1) is 5.92 Å². The first kappa shape index (κ1) is 22.4. The summed E-state index contributed by atoms with van der Waals surface area (Å²) in [6.45, 7) is 0. The van der Waals surface area contributed by atoms with Gasteiger partial charge in [-0.05, 0) is 38.5 Å². The predicted molar refractivity (Wildman–Crippen MR) is 116 cm³/mol. The number of carbonyl (C=O) groups is 4. The average molecular weight is 432 g/mol. The summed E-state index contributed by atoms with van der Waals surface area (Å²) in [5.41, 5.74) is 0. The molecule has 1 aliphatic heterocycles. The molecule has 172 valence electrons. The Morgan fingerprint density at radius 3 is 1.81 bits per heavy atom. The lowest BCUT2D eigenvalue weighted by Crippen LogP contribution is -2.68. The van der Waals surface area contributed by atoms with Gasteiger partial charge in [-0.3, -0.25) is 24.1 Å². The smallest absolute Gasteiger partial charge is 0.297 e. The summed E-state index contributed by atoms with van der Waals surface area (Å²) in [6.07, 6.45) is 14.8. The van der Waals surface area contributed by atoms with Crippen LogP contribution in [0.25, 0.3) is 0 Å². The fourth-order valence-corrected chi connectivity index (χ4v) is 5.98. The van der Waals surface area contributed by atoms with E-state index >= 15 is 0 Å². The molecule has 0 aromatic carbocycles. The first-order valence-electron chi connectivity index (χ1n) is 12.5. The van der Waals surface area contributed by atoms with E-state index in [1.807, 2.05) is 0 Å². The maximum Gasteiger partial charge on any atom is 0.297 e. The first-order valence-corrected chi connectivity index (χ1v) is 12.5. The Morgan fingerprint density at radius 1 is 0.710 bits per heavy atom. The second kappa shape index (κ2) is 10.2. The Bertz CT molecular complexity index is 691. The van der Waals surface area contributed by atoms with E-state index in [-0.39, 0.29) is 24.0 Å². The molecule has 0 spiro atoms. The summed E-state index contributed by atoms with van der Waals surface area (Å²) in [4.78, 5) is 54.2. The molecule has 0 bridgehead atoms. The lowest BCUT2D eigenvalue weighted by molar-refractivity contribution is -0.166. The quantitative estimate of drug-likeness (QED) is 0.396. The number of carbonyl (C=O) groups excluding carboxylic acids is 4. The number of amides is 3. The molecule has 3 saturated carbocycles. The monoisotopic (exact) mass is 431 g/mol. The molecule has 31 heavy (non-hydrogen) atoms. The van der Waals surface area contributed by atoms with Crippen LogP contribution in [0.5, 0.6) is 0 Å². The molecule has 4 rings (SSSR count). The van der Waals surface area contributed by atoms with Gasteiger partial charge in [0, 0.05) is 18.1 Å². The van der Waals surface area contributed by atoms with Gasteiger partial charge in [0.25, 0.3) is 5.91 Å². The van der Waals surface area contributed by atoms with E-state index in [4.69, 9.17) is 0 Å². The number of nitrogens with one attached hydrogen (secondary N) is 2. The van der Waals surface area contributed by atoms with Gasteiger partial charge < -0.3 is 10.6 Å². The maximum atomic E-state index is 13.6. The summed E-state index contributed by atoms with van der Waals surface area (Å²) in [5, 5.41) is 6.37. The minimum Gasteiger partial charge on any atom is -0.353 e. The zero-order valence-electron chi connectivity index (χ0n) is 18.6. The zero-order chi connectivity index (χ0) is 21.8. The molecule has 3 aliphatic carbocycles. The molecule has 1 saturated heterocycles. The summed E-state index contributed by atoms with van der Waals surface area (Å²) < 4.78 is 0. The Hall–Kier alpha value is -1.76. The van der Waals surface area contributed by atoms with Crippen molar-refractivity contribution < 1.29 is 19.2 Å². The fraction of sp³-hybridized carbons (Fsp3) is 0.833. The second-order valence-electron chi connectivity index (χ2n) is 9.97. The normalized spacial score (nSPS) is 29.9. The van der Waals surface area contributed by atoms with Crippen LogP contribution in [0.3, 0.4) is 0 Å². The van der Waals surface area contributed by atoms with Gasteiger partial charge in [0.1, 0.15) is 12.0 Å². The van der Waals surface area contributed by atoms with Crippen LogP contribution < -0.4 is 10.6 Å². The first-order chi connectivity index (χ1) is 15.1. The Balaban J connectivity index is 1.56. The van der Waals surface area contributed by atoms with E-state index in [2.05, 4.69) is 10.6 Å². The number of rotatable bonds is 5. The molecule has 0 aromatic rings. The van der Waals surface area contributed by atoms with Crippen molar-refractivity contribution in [3.63, 3.8) is 0 Å². The number of piperidine rings is 1. The van der Waals surface area contributed by atoms with Crippen molar-refractivity contribution in [3.05, 3.63) is 0 Å². The van der Waals surface area contributed by atoms with Crippen molar-refractivity contribution in [2.45, 2.75) is 120 Å². The lowest BCUT2D eigenvalue weighted by Gasteiger charge is -2.42. The van der Waals surface area contributed by atoms with Gasteiger partial charge in [0.2, 0.25) is 17.6 Å². The standard InChI is InChI=1S/C24H37N3O4/c28-21-19(22(29)26-17-12-6-2-7-13-17)20(25-16-10-4-1-5-11-16)23(30)27(24(21)31)18-14-8-3-9-15-18/h16-20,25H,1-15H2,(H,26,29)/t19-,20-/m0/s1. The van der Waals surface area contributed by atoms with Crippen LogP contribution in [-0.4, -0.2) is 52.6 Å². The molecule has 4 fully saturated rings. The van der Waals surface area contributed by atoms with Gasteiger partial charge >= 0.3 is 0 Å². The highest BCUT2D eigenvalue weighted by molar-refractivity contribution is 6.45. The van der Waals surface area contributed by atoms with Crippen LogP contribution in [0.1, 0.15) is 96.3 Å². The molecule has 0 radical (unpaired) electrons. The Labute approximate surface area is 185 Å². The SMILES string of the molecule is O=C(NC1CCCCC1)[C@@H]1C(=O)C(=O)N(C2CCCCC2)C(=O)[C@H]1NC1CCCCC1. The molecular weight excluding hydrogens is 394 g/mol. The van der Waals surface area contributed by atoms with Gasteiger partial charge in [0.05, 0.1) is 0 Å². The predicted octanol–water partition coefficient (Wildman–Crippen LogP) is 2.61. The summed E-state index contributed by atoms with van der Waals surface area (Å²) in [7, 11) is 0. The average Bonchev–Trinajstić information content (AvgIpc) is 2.80. The van der Waals surface area contributed by atoms with Gasteiger partial charge in [-0.2, -0.15) is 0 Å². The summed E-state index contributed by atoms with van der Waals surface area (Å²) in [6, 6.07) is -0.998. The van der Waals surface area contributed by atoms with E-state index in [0.717, 1.165) is 89.9 Å². The molecule has 2 atom stereocenters. The fourth-order valence-electron chi connectivity index (χ4n) is 5.98. The number of imide groups is 1. The van der Waals surface area contributed by atoms with Crippen molar-refractivity contribution in [1.82, 2.24) is 15.5 Å². The molecule has 7 nitrogen and oxygen atoms in total. The minimum absolute atomic E-state index is 0.0333. The van der Waals surface area contributed by atoms with Crippen LogP contribution in [0.4, 0.5) is 0 Å². The van der Waals surface area contributed by atoms with E-state index in [1.54, 1.807) is 0 Å². The molecule has 2 N–H and O–H groups in total. The van der Waals surface area contributed by atoms with E-state index in [9.17, 15) is 19.2 Å². The summed E-state index contributed by atoms with van der Waals surface area (Å²) in [5.74, 6) is -3.56. The Kier molecular flexibility index (Phi) is 7.41. The van der Waals surface area contributed by atoms with Gasteiger partial charge in [-0.1, -0.05) is 57.8 Å². The second-order valence-corrected chi connectivity index (χ2v) is 9.97. The molecule has 7 heteroatoms. The van der Waals surface area contributed by atoms with Gasteiger partial charge in [0.15, 0.2) is 0 Å². The number of nitrogens with zero attached hydrogens (tertiary/aromatic N) is 1. The minimum atomic E-state index is -1.25. The maximum absolute atomic E-state index is 13.6. The number of ketones is 1. The number of Topliss-reactive ketones (excluding diaryl/α,β-unsaturated/α-hetero) is 1. The van der Waals surface area contributed by atoms with Crippen molar-refractivity contribution in [1.29, 1.82) is 0 Å². The molecule has 1 heterocycles. The molecule has 0 unspecified atom stereocenters. The number of likely N-dealkylation sites (tertiary alicyclic amines) is 1. The van der Waals surface area contributed by atoms with Crippen LogP contribution in [-0.2, 0) is 19.2 Å². The third-order valence-corrected chi connectivity index (χ3v) is 7.74. The number of hydrogen-bond acceptors (Lipinski definition) is 5. The third-order valence-electron chi connectivity index (χ3n) is 7.74. The van der Waals surface area contributed by atoms with E-state index < -0.39 is 29.6 Å². The number of hydrogen-bond donors (Lipinski definition) is 2. The van der Waals surface area contributed by atoms with Crippen LogP contribution in [0.15, 0.2) is 0 Å². The van der Waals surface area contributed by atoms with Crippen molar-refractivity contribution >= 4 is 23.5 Å². The van der Waals surface area contributed by atoms with Crippen molar-refractivity contribution in [2.75, 3.05) is 0 Å². The van der Waals surface area contributed by atoms with Crippen molar-refractivity contribution in [2.24, 2.45) is 5.92 Å². The highest BCUT2D eigenvalue weighted by Crippen LogP contribution is 2.30. The molecule has 0 aromatic heterocycles. The lowest BCUT2D eigenvalue weighted by atomic mass is 9.83. The highest BCUT2D eigenvalue weighted by atomic mass is 16.2. The zero-order valence-corrected chi connectivity index (χ0v) is 18.6. The largest absolute Gasteiger partial charge is 0.353 e. The van der Waals surface area contributed by atoms with Gasteiger partial charge in [-0.15, -0.1) is 0 Å². The van der Waals surface area contributed by atoms with E-state index in [0.29, 0.717) is 0 Å². The topological polar surface area (TPSA) is 95.6 Å². The summed E-state index contributed by atoms with van der Waals surface area (Å²) >= 11 is 0. The molecule has 3 amide bonds. The molecule has 4 aliphatic rings. The van der Waals surface area contributed by atoms with E-state index in [1.165, 1.54) is 11.3 Å². The van der Waals surface area contributed by atoms with Crippen LogP contribution in [0.2, 0.25) is 0 Å². The third kappa shape index (κ3) is 5.02. The highest BCUT2D eigenvalue weighted by Gasteiger charge is 2.53. The Morgan fingerprint density at radius 2 is 1.23 bits per heavy atom. The van der Waals surface area contributed by atoms with Gasteiger partial charge in [-0.25, -0.2) is 0 Å².